The molecule has 2 aromatic rings. The lowest BCUT2D eigenvalue weighted by Crippen LogP contribution is -2.08. The first-order valence-corrected chi connectivity index (χ1v) is 8.49. The molecule has 1 saturated carbocycles. The van der Waals surface area contributed by atoms with Crippen LogP contribution in [0.2, 0.25) is 0 Å². The Balaban J connectivity index is 1.76. The van der Waals surface area contributed by atoms with Crippen LogP contribution < -0.4 is 0 Å². The molecule has 2 aromatic heterocycles. The smallest absolute Gasteiger partial charge is 0.341 e. The van der Waals surface area contributed by atoms with Gasteiger partial charge in [0, 0.05) is 23.4 Å². The third kappa shape index (κ3) is 3.23. The first kappa shape index (κ1) is 14.4. The second-order valence-corrected chi connectivity index (χ2v) is 6.74. The fourth-order valence-corrected chi connectivity index (χ4v) is 4.05. The molecule has 0 aromatic carbocycles. The van der Waals surface area contributed by atoms with E-state index in [9.17, 15) is 4.79 Å². The van der Waals surface area contributed by atoms with Crippen molar-refractivity contribution in [2.24, 2.45) is 0 Å². The number of nitrogens with zero attached hydrogens (tertiary/aromatic N) is 2. The third-order valence-corrected chi connectivity index (χ3v) is 5.36. The van der Waals surface area contributed by atoms with Gasteiger partial charge in [-0.05, 0) is 25.0 Å². The fourth-order valence-electron chi connectivity index (χ4n) is 2.84. The average molecular weight is 304 g/mol. The zero-order chi connectivity index (χ0) is 14.7. The molecule has 3 rings (SSSR count). The first-order valence-electron chi connectivity index (χ1n) is 7.44. The SMILES string of the molecule is COC(=O)c1cccn2cc(CSC3CCCCC3)nc12. The van der Waals surface area contributed by atoms with Crippen LogP contribution in [0.5, 0.6) is 0 Å². The highest BCUT2D eigenvalue weighted by Crippen LogP contribution is 2.30. The molecule has 0 spiro atoms. The molecule has 1 aliphatic rings. The predicted molar refractivity (Wildman–Crippen MR) is 84.7 cm³/mol. The highest BCUT2D eigenvalue weighted by Gasteiger charge is 2.16. The van der Waals surface area contributed by atoms with Crippen molar-refractivity contribution in [2.75, 3.05) is 7.11 Å². The Hall–Kier alpha value is -1.49. The van der Waals surface area contributed by atoms with Crippen molar-refractivity contribution in [1.82, 2.24) is 9.38 Å². The highest BCUT2D eigenvalue weighted by molar-refractivity contribution is 7.99. The Morgan fingerprint density at radius 1 is 1.43 bits per heavy atom. The highest BCUT2D eigenvalue weighted by atomic mass is 32.2. The Kier molecular flexibility index (Phi) is 4.48. The van der Waals surface area contributed by atoms with E-state index in [1.807, 2.05) is 34.6 Å². The molecule has 0 aliphatic heterocycles. The number of imidazole rings is 1. The number of carbonyl (C=O) groups is 1. The van der Waals surface area contributed by atoms with Crippen molar-refractivity contribution < 1.29 is 9.53 Å². The fraction of sp³-hybridized carbons (Fsp3) is 0.500. The molecule has 0 N–H and O–H groups in total. The van der Waals surface area contributed by atoms with Gasteiger partial charge in [-0.1, -0.05) is 19.3 Å². The summed E-state index contributed by atoms with van der Waals surface area (Å²) in [6.07, 6.45) is 10.7. The van der Waals surface area contributed by atoms with E-state index in [0.29, 0.717) is 11.2 Å². The van der Waals surface area contributed by atoms with Crippen molar-refractivity contribution in [2.45, 2.75) is 43.1 Å². The van der Waals surface area contributed by atoms with Crippen LogP contribution in [0.15, 0.2) is 24.5 Å². The lowest BCUT2D eigenvalue weighted by atomic mass is 10.0. The van der Waals surface area contributed by atoms with Crippen LogP contribution in [0.25, 0.3) is 5.65 Å². The molecule has 112 valence electrons. The lowest BCUT2D eigenvalue weighted by molar-refractivity contribution is 0.0602. The third-order valence-electron chi connectivity index (χ3n) is 3.96. The maximum atomic E-state index is 11.8. The number of esters is 1. The van der Waals surface area contributed by atoms with Crippen molar-refractivity contribution in [3.63, 3.8) is 0 Å². The summed E-state index contributed by atoms with van der Waals surface area (Å²) >= 11 is 1.99. The predicted octanol–water partition coefficient (Wildman–Crippen LogP) is 3.69. The average Bonchev–Trinajstić information content (AvgIpc) is 2.96. The summed E-state index contributed by atoms with van der Waals surface area (Å²) in [5.74, 6) is 0.574. The van der Waals surface area contributed by atoms with E-state index in [1.54, 1.807) is 6.07 Å². The van der Waals surface area contributed by atoms with Crippen LogP contribution in [0, 0.1) is 0 Å². The molecule has 1 fully saturated rings. The minimum atomic E-state index is -0.335. The van der Waals surface area contributed by atoms with Gasteiger partial charge in [0.25, 0.3) is 0 Å². The number of aromatic nitrogens is 2. The Labute approximate surface area is 128 Å². The van der Waals surface area contributed by atoms with Gasteiger partial charge >= 0.3 is 5.97 Å². The number of pyridine rings is 1. The molecule has 0 radical (unpaired) electrons. The maximum Gasteiger partial charge on any atom is 0.341 e. The summed E-state index contributed by atoms with van der Waals surface area (Å²) in [5.41, 5.74) is 2.24. The molecule has 1 aliphatic carbocycles. The van der Waals surface area contributed by atoms with Gasteiger partial charge in [-0.3, -0.25) is 0 Å². The summed E-state index contributed by atoms with van der Waals surface area (Å²) in [7, 11) is 1.40. The Morgan fingerprint density at radius 2 is 2.24 bits per heavy atom. The molecule has 2 heterocycles. The van der Waals surface area contributed by atoms with Crippen LogP contribution in [-0.4, -0.2) is 27.7 Å². The summed E-state index contributed by atoms with van der Waals surface area (Å²) in [4.78, 5) is 16.4. The first-order chi connectivity index (χ1) is 10.3. The van der Waals surface area contributed by atoms with Crippen molar-refractivity contribution in [3.05, 3.63) is 35.8 Å². The number of fused-ring (bicyclic) bond motifs is 1. The minimum Gasteiger partial charge on any atom is -0.465 e. The summed E-state index contributed by atoms with van der Waals surface area (Å²) in [5, 5.41) is 0.767. The molecule has 5 heteroatoms. The molecule has 21 heavy (non-hydrogen) atoms. The second-order valence-electron chi connectivity index (χ2n) is 5.45. The van der Waals surface area contributed by atoms with Crippen LogP contribution >= 0.6 is 11.8 Å². The van der Waals surface area contributed by atoms with E-state index in [0.717, 1.165) is 16.7 Å². The van der Waals surface area contributed by atoms with E-state index in [2.05, 4.69) is 4.98 Å². The van der Waals surface area contributed by atoms with Crippen molar-refractivity contribution in [3.8, 4) is 0 Å². The van der Waals surface area contributed by atoms with E-state index in [4.69, 9.17) is 4.74 Å². The van der Waals surface area contributed by atoms with Gasteiger partial charge in [-0.2, -0.15) is 11.8 Å². The molecule has 0 bridgehead atoms. The Bertz CT molecular complexity index is 632. The quantitative estimate of drug-likeness (QED) is 0.808. The van der Waals surface area contributed by atoms with Gasteiger partial charge in [0.2, 0.25) is 0 Å². The normalized spacial score (nSPS) is 16.2. The number of hydrogen-bond donors (Lipinski definition) is 0. The number of ether oxygens (including phenoxy) is 1. The number of rotatable bonds is 4. The topological polar surface area (TPSA) is 43.6 Å². The van der Waals surface area contributed by atoms with Crippen molar-refractivity contribution in [1.29, 1.82) is 0 Å². The molecular weight excluding hydrogens is 284 g/mol. The van der Waals surface area contributed by atoms with Crippen LogP contribution in [0.4, 0.5) is 0 Å². The number of thioether (sulfide) groups is 1. The second kappa shape index (κ2) is 6.52. The molecule has 0 unspecified atom stereocenters. The summed E-state index contributed by atoms with van der Waals surface area (Å²) in [6.45, 7) is 0. The summed E-state index contributed by atoms with van der Waals surface area (Å²) < 4.78 is 6.72. The monoisotopic (exact) mass is 304 g/mol. The lowest BCUT2D eigenvalue weighted by Gasteiger charge is -2.20. The largest absolute Gasteiger partial charge is 0.465 e. The number of hydrogen-bond acceptors (Lipinski definition) is 4. The van der Waals surface area contributed by atoms with Gasteiger partial charge in [0.1, 0.15) is 5.56 Å². The zero-order valence-electron chi connectivity index (χ0n) is 12.2. The molecule has 0 atom stereocenters. The van der Waals surface area contributed by atoms with E-state index in [1.165, 1.54) is 39.2 Å². The van der Waals surface area contributed by atoms with Gasteiger partial charge in [-0.15, -0.1) is 0 Å². The number of methoxy groups -OCH3 is 1. The maximum absolute atomic E-state index is 11.8. The van der Waals surface area contributed by atoms with Crippen molar-refractivity contribution >= 4 is 23.4 Å². The molecule has 4 nitrogen and oxygen atoms in total. The molecule has 0 amide bonds. The molecular formula is C16H20N2O2S. The van der Waals surface area contributed by atoms with Crippen LogP contribution in [0.3, 0.4) is 0 Å². The van der Waals surface area contributed by atoms with Crippen LogP contribution in [-0.2, 0) is 10.5 Å². The minimum absolute atomic E-state index is 0.335. The van der Waals surface area contributed by atoms with Gasteiger partial charge < -0.3 is 9.14 Å². The van der Waals surface area contributed by atoms with Gasteiger partial charge in [-0.25, -0.2) is 9.78 Å². The molecule has 0 saturated heterocycles. The van der Waals surface area contributed by atoms with Crippen LogP contribution in [0.1, 0.15) is 48.2 Å². The van der Waals surface area contributed by atoms with E-state index in [-0.39, 0.29) is 5.97 Å². The Morgan fingerprint density at radius 3 is 3.00 bits per heavy atom. The number of carbonyl (C=O) groups excluding carboxylic acids is 1. The summed E-state index contributed by atoms with van der Waals surface area (Å²) in [6, 6.07) is 3.60. The van der Waals surface area contributed by atoms with E-state index >= 15 is 0 Å². The van der Waals surface area contributed by atoms with Gasteiger partial charge in [0.05, 0.1) is 12.8 Å². The standard InChI is InChI=1S/C16H20N2O2S/c1-20-16(19)14-8-5-9-18-10-12(17-15(14)18)11-21-13-6-3-2-4-7-13/h5,8-10,13H,2-4,6-7,11H2,1H3. The van der Waals surface area contributed by atoms with E-state index < -0.39 is 0 Å². The zero-order valence-corrected chi connectivity index (χ0v) is 13.1. The van der Waals surface area contributed by atoms with Gasteiger partial charge in [0.15, 0.2) is 5.65 Å².